The zero-order valence-electron chi connectivity index (χ0n) is 40.0. The zero-order chi connectivity index (χ0) is 52.2. The van der Waals surface area contributed by atoms with Gasteiger partial charge in [-0.2, -0.15) is 13.2 Å². The lowest BCUT2D eigenvalue weighted by Gasteiger charge is -2.38. The quantitative estimate of drug-likeness (QED) is 0.143. The Bertz CT molecular complexity index is 3090. The molecule has 3 aliphatic rings. The maximum atomic E-state index is 15.3. The van der Waals surface area contributed by atoms with Crippen molar-refractivity contribution < 1.29 is 55.6 Å². The third-order valence-corrected chi connectivity index (χ3v) is 12.8. The van der Waals surface area contributed by atoms with E-state index in [2.05, 4.69) is 10.1 Å². The molecule has 19 nitrogen and oxygen atoms in total. The molecule has 1 saturated heterocycles. The summed E-state index contributed by atoms with van der Waals surface area (Å²) in [4.78, 5) is 89.8. The summed E-state index contributed by atoms with van der Waals surface area (Å²) in [5.41, 5.74) is 7.88. The molecule has 3 aliphatic heterocycles. The minimum absolute atomic E-state index is 0.0208. The molecule has 5 aromatic rings. The van der Waals surface area contributed by atoms with Crippen LogP contribution in [0.3, 0.4) is 0 Å². The van der Waals surface area contributed by atoms with E-state index in [0.717, 1.165) is 38.5 Å². The highest BCUT2D eigenvalue weighted by Crippen LogP contribution is 2.33. The number of methoxy groups -OCH3 is 2. The maximum absolute atomic E-state index is 15.3. The van der Waals surface area contributed by atoms with Crippen molar-refractivity contribution in [3.05, 3.63) is 153 Å². The molecule has 1 amide bonds. The summed E-state index contributed by atoms with van der Waals surface area (Å²) in [6.07, 6.45) is -3.42. The number of alkyl halides is 3. The number of nitrogens with one attached hydrogen (secondary N) is 1. The van der Waals surface area contributed by atoms with Gasteiger partial charge >= 0.3 is 29.5 Å². The molecule has 384 valence electrons. The van der Waals surface area contributed by atoms with E-state index < -0.39 is 77.1 Å². The van der Waals surface area contributed by atoms with Gasteiger partial charge < -0.3 is 39.6 Å². The Morgan fingerprint density at radius 3 is 1.71 bits per heavy atom. The van der Waals surface area contributed by atoms with Crippen LogP contribution in [-0.2, 0) is 86.3 Å². The zero-order valence-corrected chi connectivity index (χ0v) is 40.0. The standard InChI is InChI=1S/C31H32F4N4O7.C18H21N3O5/c1-17-12-20(38-9-11-46-16-25(38)31(33,34)35)14-22(32)26(17)27(40)36-23(29(42)44-3)13-18-4-6-19(7-5-18)39-28(41)21-15-45-10-8-24(21)37(2)30(39)43;1-20-15-7-8-26-10-13(15)16(22)21(18(20)24)12-5-3-11(4-6-12)9-14(19)17(23)25-2/h4-7,12,14,23,25H,8-11,13,15-16H2,1-3H3,(H,36,40);3-6,14H,7-10,19H2,1-2H3/t23-,25+;14-/m00/s1. The molecule has 1 fully saturated rings. The van der Waals surface area contributed by atoms with Crippen molar-refractivity contribution in [2.75, 3.05) is 52.1 Å². The average molecular weight is 1010 g/mol. The van der Waals surface area contributed by atoms with E-state index in [1.807, 2.05) is 0 Å². The topological polar surface area (TPSA) is 227 Å². The van der Waals surface area contributed by atoms with Crippen molar-refractivity contribution in [2.45, 2.75) is 70.1 Å². The Morgan fingerprint density at radius 1 is 0.736 bits per heavy atom. The highest BCUT2D eigenvalue weighted by atomic mass is 19.4. The summed E-state index contributed by atoms with van der Waals surface area (Å²) in [7, 11) is 5.65. The van der Waals surface area contributed by atoms with E-state index in [9.17, 15) is 46.7 Å². The van der Waals surface area contributed by atoms with E-state index in [1.165, 1.54) is 41.4 Å². The van der Waals surface area contributed by atoms with E-state index in [-0.39, 0.29) is 55.3 Å². The fourth-order valence-electron chi connectivity index (χ4n) is 8.91. The smallest absolute Gasteiger partial charge is 0.411 e. The van der Waals surface area contributed by atoms with Crippen molar-refractivity contribution in [3.63, 3.8) is 0 Å². The maximum Gasteiger partial charge on any atom is 0.411 e. The summed E-state index contributed by atoms with van der Waals surface area (Å²) >= 11 is 0. The lowest BCUT2D eigenvalue weighted by atomic mass is 10.0. The largest absolute Gasteiger partial charge is 0.468 e. The predicted octanol–water partition coefficient (Wildman–Crippen LogP) is 1.99. The van der Waals surface area contributed by atoms with Gasteiger partial charge in [0.05, 0.1) is 81.9 Å². The van der Waals surface area contributed by atoms with Crippen molar-refractivity contribution in [1.29, 1.82) is 0 Å². The number of aryl methyl sites for hydroxylation is 1. The summed E-state index contributed by atoms with van der Waals surface area (Å²) in [5.74, 6) is -3.34. The molecule has 0 bridgehead atoms. The number of esters is 2. The Kier molecular flexibility index (Phi) is 16.1. The number of amides is 1. The predicted molar refractivity (Wildman–Crippen MR) is 251 cm³/mol. The van der Waals surface area contributed by atoms with Gasteiger partial charge in [0.1, 0.15) is 23.9 Å². The number of halogens is 4. The fraction of sp³-hybridized carbons (Fsp3) is 0.408. The van der Waals surface area contributed by atoms with Gasteiger partial charge in [0.2, 0.25) is 0 Å². The SMILES string of the molecule is COC(=O)[C@@H](N)Cc1ccc(-n2c(=O)c3c(n(C)c2=O)CCOC3)cc1.COC(=O)[C@H](Cc1ccc(-n2c(=O)c3c(n(C)c2=O)CCOC3)cc1)NC(=O)c1c(C)cc(N2CCOC[C@@H]2C(F)(F)F)cc1F. The van der Waals surface area contributed by atoms with E-state index in [0.29, 0.717) is 60.5 Å². The number of aromatic nitrogens is 4. The van der Waals surface area contributed by atoms with Crippen LogP contribution < -0.4 is 38.4 Å². The van der Waals surface area contributed by atoms with Crippen molar-refractivity contribution in [2.24, 2.45) is 19.8 Å². The molecule has 0 saturated carbocycles. The highest BCUT2D eigenvalue weighted by Gasteiger charge is 2.46. The van der Waals surface area contributed by atoms with Gasteiger partial charge in [-0.1, -0.05) is 24.3 Å². The molecule has 0 aliphatic carbocycles. The second kappa shape index (κ2) is 22.1. The van der Waals surface area contributed by atoms with Crippen molar-refractivity contribution in [1.82, 2.24) is 23.6 Å². The molecule has 0 spiro atoms. The first-order valence-corrected chi connectivity index (χ1v) is 22.7. The van der Waals surface area contributed by atoms with Crippen LogP contribution in [0.2, 0.25) is 0 Å². The molecule has 3 N–H and O–H groups in total. The second-order valence-corrected chi connectivity index (χ2v) is 17.3. The molecular formula is C49H53F4N7O12. The molecule has 5 heterocycles. The first-order chi connectivity index (χ1) is 34.2. The Balaban J connectivity index is 0.000000247. The van der Waals surface area contributed by atoms with Crippen LogP contribution in [0.5, 0.6) is 0 Å². The van der Waals surface area contributed by atoms with Crippen LogP contribution in [0.1, 0.15) is 49.6 Å². The number of nitrogens with zero attached hydrogens (tertiary/aromatic N) is 5. The Morgan fingerprint density at radius 2 is 1.24 bits per heavy atom. The molecule has 0 unspecified atom stereocenters. The third-order valence-electron chi connectivity index (χ3n) is 12.8. The van der Waals surface area contributed by atoms with Gasteiger partial charge in [0.15, 0.2) is 0 Å². The van der Waals surface area contributed by atoms with Crippen molar-refractivity contribution >= 4 is 23.5 Å². The number of benzene rings is 3. The number of anilines is 1. The molecule has 72 heavy (non-hydrogen) atoms. The minimum atomic E-state index is -4.62. The fourth-order valence-corrected chi connectivity index (χ4v) is 8.91. The number of ether oxygens (including phenoxy) is 5. The monoisotopic (exact) mass is 1010 g/mol. The summed E-state index contributed by atoms with van der Waals surface area (Å²) < 4.78 is 86.4. The Labute approximate surface area is 408 Å². The van der Waals surface area contributed by atoms with Gasteiger partial charge in [0, 0.05) is 57.0 Å². The van der Waals surface area contributed by atoms with Crippen LogP contribution in [0, 0.1) is 12.7 Å². The van der Waals surface area contributed by atoms with Crippen LogP contribution in [0.15, 0.2) is 79.8 Å². The summed E-state index contributed by atoms with van der Waals surface area (Å²) in [5, 5.41) is 2.46. The molecule has 23 heteroatoms. The van der Waals surface area contributed by atoms with Gasteiger partial charge in [-0.05, 0) is 66.4 Å². The number of fused-ring (bicyclic) bond motifs is 2. The molecule has 3 aromatic carbocycles. The van der Waals surface area contributed by atoms with Gasteiger partial charge in [-0.3, -0.25) is 28.3 Å². The van der Waals surface area contributed by atoms with Crippen LogP contribution >= 0.6 is 0 Å². The van der Waals surface area contributed by atoms with Gasteiger partial charge in [0.25, 0.3) is 17.0 Å². The number of rotatable bonds is 11. The lowest BCUT2D eigenvalue weighted by molar-refractivity contribution is -0.167. The first kappa shape index (κ1) is 52.6. The molecule has 0 radical (unpaired) electrons. The minimum Gasteiger partial charge on any atom is -0.468 e. The number of hydrogen-bond donors (Lipinski definition) is 2. The molecule has 8 rings (SSSR count). The highest BCUT2D eigenvalue weighted by molar-refractivity contribution is 5.98. The molecule has 2 aromatic heterocycles. The molecule has 3 atom stereocenters. The number of morpholine rings is 1. The number of nitrogens with two attached hydrogens (primary N) is 1. The van der Waals surface area contributed by atoms with Gasteiger partial charge in [-0.15, -0.1) is 0 Å². The van der Waals surface area contributed by atoms with Gasteiger partial charge in [-0.25, -0.2) is 27.9 Å². The Hall–Kier alpha value is -7.21. The number of hydrogen-bond acceptors (Lipinski definition) is 14. The van der Waals surface area contributed by atoms with E-state index in [4.69, 9.17) is 24.7 Å². The van der Waals surface area contributed by atoms with E-state index >= 15 is 4.39 Å². The van der Waals surface area contributed by atoms with Crippen LogP contribution in [0.25, 0.3) is 11.4 Å². The summed E-state index contributed by atoms with van der Waals surface area (Å²) in [6.45, 7) is 1.87. The van der Waals surface area contributed by atoms with Crippen molar-refractivity contribution in [3.8, 4) is 11.4 Å². The van der Waals surface area contributed by atoms with Crippen LogP contribution in [0.4, 0.5) is 23.2 Å². The number of carbonyl (C=O) groups is 3. The lowest BCUT2D eigenvalue weighted by Crippen LogP contribution is -2.53. The number of carbonyl (C=O) groups excluding carboxylic acids is 3. The average Bonchev–Trinajstić information content (AvgIpc) is 3.37. The first-order valence-electron chi connectivity index (χ1n) is 22.7. The summed E-state index contributed by atoms with van der Waals surface area (Å²) in [6, 6.07) is 11.1. The second-order valence-electron chi connectivity index (χ2n) is 17.3. The van der Waals surface area contributed by atoms with Crippen LogP contribution in [-0.4, -0.2) is 108 Å². The normalized spacial score (nSPS) is 16.3. The third kappa shape index (κ3) is 11.0. The molecular weight excluding hydrogens is 955 g/mol. The van der Waals surface area contributed by atoms with E-state index in [1.54, 1.807) is 50.5 Å².